The van der Waals surface area contributed by atoms with Crippen molar-refractivity contribution in [2.24, 2.45) is 17.8 Å². The van der Waals surface area contributed by atoms with Crippen LogP contribution in [0, 0.1) is 17.8 Å². The van der Waals surface area contributed by atoms with Gasteiger partial charge in [-0.3, -0.25) is 4.98 Å². The monoisotopic (exact) mass is 564 g/mol. The Morgan fingerprint density at radius 3 is 2.77 bits per heavy atom. The second kappa shape index (κ2) is 10.6. The first kappa shape index (κ1) is 25.6. The molecule has 210 valence electrons. The quantitative estimate of drug-likeness (QED) is 0.366. The number of piperidine rings is 1. The Kier molecular flexibility index (Phi) is 6.79. The van der Waals surface area contributed by atoms with Crippen molar-refractivity contribution < 1.29 is 9.15 Å². The summed E-state index contributed by atoms with van der Waals surface area (Å²) in [5, 5.41) is 6.80. The molecule has 2 unspecified atom stereocenters. The summed E-state index contributed by atoms with van der Waals surface area (Å²) < 4.78 is 13.4. The minimum Gasteiger partial charge on any atom is -0.384 e. The number of hydrogen-bond acceptors (Lipinski definition) is 9. The lowest BCUT2D eigenvalue weighted by Crippen LogP contribution is -2.50. The van der Waals surface area contributed by atoms with Crippen molar-refractivity contribution in [3.05, 3.63) is 34.0 Å². The molecule has 7 rings (SSSR count). The largest absolute Gasteiger partial charge is 0.434 e. The normalized spacial score (nSPS) is 25.3. The van der Waals surface area contributed by atoms with E-state index in [0.29, 0.717) is 34.2 Å². The molecule has 1 N–H and O–H groups in total. The van der Waals surface area contributed by atoms with Crippen LogP contribution in [-0.4, -0.2) is 60.5 Å². The molecule has 4 aromatic rings. The smallest absolute Gasteiger partial charge is 0.384 e. The van der Waals surface area contributed by atoms with E-state index in [0.717, 1.165) is 62.1 Å². The van der Waals surface area contributed by atoms with Crippen LogP contribution in [0.5, 0.6) is 0 Å². The van der Waals surface area contributed by atoms with Gasteiger partial charge < -0.3 is 18.6 Å². The summed E-state index contributed by atoms with van der Waals surface area (Å²) in [6, 6.07) is 2.22. The number of anilines is 1. The zero-order valence-corrected chi connectivity index (χ0v) is 23.3. The second-order valence-electron chi connectivity index (χ2n) is 11.6. The Balaban J connectivity index is 1.44. The maximum absolute atomic E-state index is 11.8. The summed E-state index contributed by atoms with van der Waals surface area (Å²) in [5.41, 5.74) is 2.77. The van der Waals surface area contributed by atoms with Gasteiger partial charge in [-0.15, -0.1) is 5.10 Å². The average molecular weight is 565 g/mol. The fourth-order valence-electron chi connectivity index (χ4n) is 6.76. The van der Waals surface area contributed by atoms with Crippen LogP contribution in [-0.2, 0) is 11.3 Å². The third-order valence-corrected chi connectivity index (χ3v) is 9.04. The predicted molar refractivity (Wildman–Crippen MR) is 150 cm³/mol. The maximum atomic E-state index is 11.8. The van der Waals surface area contributed by atoms with Crippen molar-refractivity contribution in [1.29, 1.82) is 0 Å². The van der Waals surface area contributed by atoms with Crippen molar-refractivity contribution in [2.45, 2.75) is 64.5 Å². The van der Waals surface area contributed by atoms with Gasteiger partial charge >= 0.3 is 5.76 Å². The van der Waals surface area contributed by atoms with E-state index in [1.807, 2.05) is 6.07 Å². The number of H-pyrrole nitrogens is 1. The molecule has 40 heavy (non-hydrogen) atoms. The number of imidazole rings is 1. The molecule has 0 bridgehead atoms. The average Bonchev–Trinajstić information content (AvgIpc) is 3.57. The van der Waals surface area contributed by atoms with Gasteiger partial charge in [0.25, 0.3) is 5.89 Å². The van der Waals surface area contributed by atoms with Crippen molar-refractivity contribution in [3.63, 3.8) is 0 Å². The number of aromatic amines is 1. The Hall–Kier alpha value is -3.31. The van der Waals surface area contributed by atoms with E-state index in [2.05, 4.69) is 31.6 Å². The van der Waals surface area contributed by atoms with E-state index in [-0.39, 0.29) is 11.7 Å². The van der Waals surface area contributed by atoms with Crippen LogP contribution in [0.2, 0.25) is 5.02 Å². The third-order valence-electron chi connectivity index (χ3n) is 8.83. The molecule has 0 amide bonds. The lowest BCUT2D eigenvalue weighted by molar-refractivity contribution is 0.0278. The third kappa shape index (κ3) is 4.79. The van der Waals surface area contributed by atoms with Gasteiger partial charge in [-0.25, -0.2) is 19.9 Å². The predicted octanol–water partition coefficient (Wildman–Crippen LogP) is 4.72. The fraction of sp³-hybridized carbons (Fsp3) is 0.571. The number of halogens is 1. The van der Waals surface area contributed by atoms with E-state index in [1.54, 1.807) is 12.4 Å². The van der Waals surface area contributed by atoms with Gasteiger partial charge in [0, 0.05) is 49.6 Å². The molecule has 0 radical (unpaired) electrons. The number of nitrogens with one attached hydrogen (secondary N) is 1. The molecule has 12 heteroatoms. The number of nitrogens with zero attached hydrogens (tertiary/aromatic N) is 7. The topological polar surface area (TPSA) is 128 Å². The van der Waals surface area contributed by atoms with Crippen LogP contribution >= 0.6 is 11.6 Å². The Labute approximate surface area is 236 Å². The molecule has 4 aromatic heterocycles. The van der Waals surface area contributed by atoms with Crippen molar-refractivity contribution >= 4 is 28.7 Å². The van der Waals surface area contributed by atoms with Crippen LogP contribution in [0.1, 0.15) is 51.9 Å². The second-order valence-corrected chi connectivity index (χ2v) is 12.0. The van der Waals surface area contributed by atoms with Crippen molar-refractivity contribution in [2.75, 3.05) is 24.7 Å². The minimum absolute atomic E-state index is 0.0166. The number of fused-ring (bicyclic) bond motifs is 2. The standard InChI is InChI=1S/C28H33ClN8O3/c1-16-4-6-17(7-5-16)14-37-23-22(19-11-20(29)13-30-12-19)31-25(26-34-35-28(38)40-26)32-24(23)33-27(37)36-9-2-3-18-15-39-10-8-21(18)36/h11-13,16-18,21H,2-10,14-15H2,1H3,(H,35,38)/t16-,17-,18?,21?. The summed E-state index contributed by atoms with van der Waals surface area (Å²) >= 11 is 6.39. The molecule has 2 atom stereocenters. The van der Waals surface area contributed by atoms with E-state index in [9.17, 15) is 4.79 Å². The summed E-state index contributed by atoms with van der Waals surface area (Å²) in [6.45, 7) is 5.68. The number of hydrogen-bond donors (Lipinski definition) is 1. The Morgan fingerprint density at radius 2 is 1.98 bits per heavy atom. The van der Waals surface area contributed by atoms with Crippen molar-refractivity contribution in [1.82, 2.24) is 34.7 Å². The van der Waals surface area contributed by atoms with E-state index in [4.69, 9.17) is 35.7 Å². The molecule has 2 saturated heterocycles. The van der Waals surface area contributed by atoms with Crippen LogP contribution in [0.15, 0.2) is 27.7 Å². The molecule has 2 aliphatic heterocycles. The fourth-order valence-corrected chi connectivity index (χ4v) is 6.93. The molecule has 11 nitrogen and oxygen atoms in total. The molecule has 3 fully saturated rings. The highest BCUT2D eigenvalue weighted by molar-refractivity contribution is 6.30. The van der Waals surface area contributed by atoms with Gasteiger partial charge in [-0.1, -0.05) is 31.4 Å². The van der Waals surface area contributed by atoms with Crippen LogP contribution in [0.4, 0.5) is 5.95 Å². The molecule has 3 aliphatic rings. The van der Waals surface area contributed by atoms with Crippen LogP contribution in [0.25, 0.3) is 34.1 Å². The maximum Gasteiger partial charge on any atom is 0.434 e. The minimum atomic E-state index is -0.665. The van der Waals surface area contributed by atoms with Crippen LogP contribution in [0.3, 0.4) is 0 Å². The van der Waals surface area contributed by atoms with Gasteiger partial charge in [0.15, 0.2) is 5.65 Å². The molecule has 0 aromatic carbocycles. The number of rotatable bonds is 5. The molecule has 0 spiro atoms. The molecule has 1 saturated carbocycles. The first-order valence-corrected chi connectivity index (χ1v) is 14.7. The highest BCUT2D eigenvalue weighted by Crippen LogP contribution is 2.39. The highest BCUT2D eigenvalue weighted by atomic mass is 35.5. The lowest BCUT2D eigenvalue weighted by atomic mass is 9.83. The Morgan fingerprint density at radius 1 is 1.10 bits per heavy atom. The van der Waals surface area contributed by atoms with Gasteiger partial charge in [0.2, 0.25) is 11.8 Å². The van der Waals surface area contributed by atoms with E-state index in [1.165, 1.54) is 32.1 Å². The van der Waals surface area contributed by atoms with E-state index < -0.39 is 5.76 Å². The van der Waals surface area contributed by atoms with Gasteiger partial charge in [-0.05, 0) is 50.0 Å². The Bertz CT molecular complexity index is 1570. The number of aromatic nitrogens is 7. The molecular formula is C28H33ClN8O3. The van der Waals surface area contributed by atoms with Crippen molar-refractivity contribution in [3.8, 4) is 23.0 Å². The first-order chi connectivity index (χ1) is 19.5. The summed E-state index contributed by atoms with van der Waals surface area (Å²) in [5.74, 6) is 2.26. The number of pyridine rings is 1. The van der Waals surface area contributed by atoms with Gasteiger partial charge in [-0.2, -0.15) is 4.98 Å². The zero-order valence-electron chi connectivity index (χ0n) is 22.6. The van der Waals surface area contributed by atoms with Crippen LogP contribution < -0.4 is 10.7 Å². The summed E-state index contributed by atoms with van der Waals surface area (Å²) in [6.07, 6.45) is 11.4. The first-order valence-electron chi connectivity index (χ1n) is 14.3. The number of ether oxygens (including phenoxy) is 1. The SMILES string of the molecule is C[C@H]1CC[C@H](Cn2c(N3CCCC4COCCC43)nc3nc(-c4n[nH]c(=O)o4)nc(-c4cncc(Cl)c4)c32)CC1. The summed E-state index contributed by atoms with van der Waals surface area (Å²) in [7, 11) is 0. The van der Waals surface area contributed by atoms with Gasteiger partial charge in [0.05, 0.1) is 11.6 Å². The van der Waals surface area contributed by atoms with E-state index >= 15 is 0 Å². The zero-order chi connectivity index (χ0) is 27.2. The molecule has 6 heterocycles. The summed E-state index contributed by atoms with van der Waals surface area (Å²) in [4.78, 5) is 33.4. The molecule has 1 aliphatic carbocycles. The lowest BCUT2D eigenvalue weighted by Gasteiger charge is -2.44. The molecular weight excluding hydrogens is 532 g/mol. The highest BCUT2D eigenvalue weighted by Gasteiger charge is 2.37. The van der Waals surface area contributed by atoms with Gasteiger partial charge in [0.1, 0.15) is 11.2 Å².